The third-order valence-electron chi connectivity index (χ3n) is 3.26. The van der Waals surface area contributed by atoms with Gasteiger partial charge in [0.1, 0.15) is 6.26 Å². The number of nitrogens with zero attached hydrogens (tertiary/aromatic N) is 1. The molecule has 2 N–H and O–H groups in total. The second-order valence-electron chi connectivity index (χ2n) is 4.74. The number of sulfonamides is 1. The standard InChI is InChI=1S/C15H10BrFN2O3S/c16-15-14(9-1-4-11(5-2-9)23(18,20)21)12(8-22-15)10-3-6-13(17)19-7-10/h1-8H,(H2,18,20,21). The van der Waals surface area contributed by atoms with Crippen LogP contribution >= 0.6 is 15.9 Å². The Bertz CT molecular complexity index is 951. The average molecular weight is 397 g/mol. The van der Waals surface area contributed by atoms with Crippen molar-refractivity contribution in [2.45, 2.75) is 4.90 Å². The largest absolute Gasteiger partial charge is 0.456 e. The van der Waals surface area contributed by atoms with Crippen molar-refractivity contribution < 1.29 is 17.2 Å². The Morgan fingerprint density at radius 2 is 1.74 bits per heavy atom. The van der Waals surface area contributed by atoms with Crippen LogP contribution in [0.15, 0.2) is 62.8 Å². The van der Waals surface area contributed by atoms with Gasteiger partial charge >= 0.3 is 0 Å². The maximum Gasteiger partial charge on any atom is 0.238 e. The molecule has 0 atom stereocenters. The molecule has 0 spiro atoms. The van der Waals surface area contributed by atoms with E-state index in [0.717, 1.165) is 5.56 Å². The van der Waals surface area contributed by atoms with Crippen molar-refractivity contribution >= 4 is 26.0 Å². The lowest BCUT2D eigenvalue weighted by molar-refractivity contribution is 0.543. The van der Waals surface area contributed by atoms with Crippen LogP contribution in [0.5, 0.6) is 0 Å². The van der Waals surface area contributed by atoms with E-state index in [1.807, 2.05) is 0 Å². The van der Waals surface area contributed by atoms with Crippen LogP contribution in [0.2, 0.25) is 0 Å². The molecule has 3 aromatic rings. The van der Waals surface area contributed by atoms with Crippen LogP contribution < -0.4 is 5.14 Å². The summed E-state index contributed by atoms with van der Waals surface area (Å²) in [6.45, 7) is 0. The van der Waals surface area contributed by atoms with Gasteiger partial charge in [0.05, 0.1) is 4.90 Å². The van der Waals surface area contributed by atoms with Crippen LogP contribution in [0.1, 0.15) is 0 Å². The number of primary sulfonamides is 1. The molecule has 2 heterocycles. The van der Waals surface area contributed by atoms with Gasteiger partial charge in [0, 0.05) is 22.9 Å². The molecule has 3 rings (SSSR count). The first-order valence-corrected chi connectivity index (χ1v) is 8.72. The first-order valence-electron chi connectivity index (χ1n) is 6.38. The number of rotatable bonds is 3. The first kappa shape index (κ1) is 15.9. The molecule has 0 amide bonds. The van der Waals surface area contributed by atoms with Crippen LogP contribution in [0.25, 0.3) is 22.3 Å². The summed E-state index contributed by atoms with van der Waals surface area (Å²) in [7, 11) is -3.75. The predicted octanol–water partition coefficient (Wildman–Crippen LogP) is 3.56. The fourth-order valence-corrected chi connectivity index (χ4v) is 3.21. The minimum Gasteiger partial charge on any atom is -0.456 e. The van der Waals surface area contributed by atoms with Crippen molar-refractivity contribution in [3.63, 3.8) is 0 Å². The highest BCUT2D eigenvalue weighted by Crippen LogP contribution is 2.39. The van der Waals surface area contributed by atoms with Crippen molar-refractivity contribution in [3.05, 3.63) is 59.5 Å². The zero-order chi connectivity index (χ0) is 16.6. The third-order valence-corrected chi connectivity index (χ3v) is 4.77. The Kier molecular flexibility index (Phi) is 4.05. The molecule has 0 unspecified atom stereocenters. The van der Waals surface area contributed by atoms with Crippen LogP contribution in [0.4, 0.5) is 4.39 Å². The third kappa shape index (κ3) is 3.19. The molecule has 0 saturated heterocycles. The summed E-state index contributed by atoms with van der Waals surface area (Å²) >= 11 is 3.32. The first-order chi connectivity index (χ1) is 10.9. The van der Waals surface area contributed by atoms with Gasteiger partial charge in [-0.1, -0.05) is 12.1 Å². The van der Waals surface area contributed by atoms with Gasteiger partial charge in [0.2, 0.25) is 16.0 Å². The normalized spacial score (nSPS) is 11.6. The molecule has 118 valence electrons. The van der Waals surface area contributed by atoms with Crippen LogP contribution in [-0.2, 0) is 10.0 Å². The topological polar surface area (TPSA) is 86.2 Å². The number of furan rings is 1. The summed E-state index contributed by atoms with van der Waals surface area (Å²) < 4.78 is 41.5. The van der Waals surface area contributed by atoms with Crippen LogP contribution in [0, 0.1) is 5.95 Å². The number of nitrogens with two attached hydrogens (primary N) is 1. The smallest absolute Gasteiger partial charge is 0.238 e. The van der Waals surface area contributed by atoms with E-state index in [9.17, 15) is 12.8 Å². The van der Waals surface area contributed by atoms with Gasteiger partial charge in [-0.15, -0.1) is 0 Å². The summed E-state index contributed by atoms with van der Waals surface area (Å²) in [5.74, 6) is -0.574. The molecule has 0 saturated carbocycles. The van der Waals surface area contributed by atoms with Gasteiger partial charge in [-0.2, -0.15) is 4.39 Å². The van der Waals surface area contributed by atoms with Crippen molar-refractivity contribution in [1.82, 2.24) is 4.98 Å². The molecule has 2 aromatic heterocycles. The van der Waals surface area contributed by atoms with E-state index < -0.39 is 16.0 Å². The number of hydrogen-bond donors (Lipinski definition) is 1. The van der Waals surface area contributed by atoms with E-state index in [4.69, 9.17) is 9.56 Å². The van der Waals surface area contributed by atoms with Crippen LogP contribution in [-0.4, -0.2) is 13.4 Å². The summed E-state index contributed by atoms with van der Waals surface area (Å²) in [5.41, 5.74) is 2.80. The number of benzene rings is 1. The Balaban J connectivity index is 2.10. The molecule has 0 fully saturated rings. The summed E-state index contributed by atoms with van der Waals surface area (Å²) in [4.78, 5) is 3.65. The monoisotopic (exact) mass is 396 g/mol. The lowest BCUT2D eigenvalue weighted by Gasteiger charge is -2.05. The molecule has 1 aromatic carbocycles. The van der Waals surface area contributed by atoms with Crippen molar-refractivity contribution in [3.8, 4) is 22.3 Å². The molecule has 0 bridgehead atoms. The number of aromatic nitrogens is 1. The maximum atomic E-state index is 13.0. The molecule has 0 aliphatic rings. The Morgan fingerprint density at radius 3 is 2.30 bits per heavy atom. The molecule has 0 aliphatic heterocycles. The highest BCUT2D eigenvalue weighted by atomic mass is 79.9. The zero-order valence-electron chi connectivity index (χ0n) is 11.5. The molecule has 0 radical (unpaired) electrons. The summed E-state index contributed by atoms with van der Waals surface area (Å²) in [6, 6.07) is 8.91. The van der Waals surface area contributed by atoms with Gasteiger partial charge in [-0.05, 0) is 45.8 Å². The quantitative estimate of drug-likeness (QED) is 0.685. The average Bonchev–Trinajstić information content (AvgIpc) is 2.89. The van der Waals surface area contributed by atoms with Gasteiger partial charge in [-0.25, -0.2) is 18.5 Å². The fourth-order valence-electron chi connectivity index (χ4n) is 2.16. The minimum atomic E-state index is -3.75. The minimum absolute atomic E-state index is 0.0193. The zero-order valence-corrected chi connectivity index (χ0v) is 13.9. The molecule has 8 heteroatoms. The predicted molar refractivity (Wildman–Crippen MR) is 86.4 cm³/mol. The van der Waals surface area contributed by atoms with Gasteiger partial charge in [0.15, 0.2) is 4.67 Å². The Morgan fingerprint density at radius 1 is 1.09 bits per heavy atom. The van der Waals surface area contributed by atoms with Crippen molar-refractivity contribution in [2.24, 2.45) is 5.14 Å². The number of pyridine rings is 1. The highest BCUT2D eigenvalue weighted by molar-refractivity contribution is 9.10. The van der Waals surface area contributed by atoms with E-state index >= 15 is 0 Å². The molecular formula is C15H10BrFN2O3S. The number of hydrogen-bond acceptors (Lipinski definition) is 4. The number of halogens is 2. The summed E-state index contributed by atoms with van der Waals surface area (Å²) in [6.07, 6.45) is 2.91. The second kappa shape index (κ2) is 5.88. The summed E-state index contributed by atoms with van der Waals surface area (Å²) in [5, 5.41) is 5.09. The highest BCUT2D eigenvalue weighted by Gasteiger charge is 2.17. The Hall–Kier alpha value is -2.03. The lowest BCUT2D eigenvalue weighted by Crippen LogP contribution is -2.11. The SMILES string of the molecule is NS(=O)(=O)c1ccc(-c2c(-c3ccc(F)nc3)coc2Br)cc1. The van der Waals surface area contributed by atoms with E-state index in [2.05, 4.69) is 20.9 Å². The van der Waals surface area contributed by atoms with Gasteiger partial charge < -0.3 is 4.42 Å². The van der Waals surface area contributed by atoms with Crippen molar-refractivity contribution in [1.29, 1.82) is 0 Å². The van der Waals surface area contributed by atoms with Gasteiger partial charge in [0.25, 0.3) is 0 Å². The maximum absolute atomic E-state index is 13.0. The fraction of sp³-hybridized carbons (Fsp3) is 0. The lowest BCUT2D eigenvalue weighted by atomic mass is 10.0. The van der Waals surface area contributed by atoms with Crippen molar-refractivity contribution in [2.75, 3.05) is 0 Å². The molecule has 23 heavy (non-hydrogen) atoms. The van der Waals surface area contributed by atoms with E-state index in [1.54, 1.807) is 18.2 Å². The Labute approximate surface area is 140 Å². The van der Waals surface area contributed by atoms with E-state index in [-0.39, 0.29) is 4.90 Å². The molecule has 0 aliphatic carbocycles. The van der Waals surface area contributed by atoms with Crippen LogP contribution in [0.3, 0.4) is 0 Å². The molecule has 5 nitrogen and oxygen atoms in total. The second-order valence-corrected chi connectivity index (χ2v) is 7.02. The van der Waals surface area contributed by atoms with Gasteiger partial charge in [-0.3, -0.25) is 0 Å². The van der Waals surface area contributed by atoms with E-state index in [1.165, 1.54) is 30.7 Å². The van der Waals surface area contributed by atoms with E-state index in [0.29, 0.717) is 21.4 Å². The molecular weight excluding hydrogens is 387 g/mol.